The summed E-state index contributed by atoms with van der Waals surface area (Å²) >= 11 is 0. The third-order valence-corrected chi connectivity index (χ3v) is 4.20. The van der Waals surface area contributed by atoms with Crippen LogP contribution in [0.1, 0.15) is 22.6 Å². The quantitative estimate of drug-likeness (QED) is 0.361. The Balaban J connectivity index is 0.000000403. The summed E-state index contributed by atoms with van der Waals surface area (Å²) in [5.74, 6) is 0.864. The lowest BCUT2D eigenvalue weighted by Crippen LogP contribution is -2.68. The lowest BCUT2D eigenvalue weighted by atomic mass is 10.1. The molecule has 1 aromatic carbocycles. The minimum atomic E-state index is -4.94. The molecule has 0 radical (unpaired) electrons. The summed E-state index contributed by atoms with van der Waals surface area (Å²) in [6.07, 6.45) is 0. The topological polar surface area (TPSA) is 127 Å². The van der Waals surface area contributed by atoms with Gasteiger partial charge in [0, 0.05) is 11.6 Å². The molecule has 3 aromatic heterocycles. The van der Waals surface area contributed by atoms with E-state index in [0.29, 0.717) is 0 Å². The minimum Gasteiger partial charge on any atom is -0.222 e. The number of hydrogen-bond donors (Lipinski definition) is 0. The fourth-order valence-electron chi connectivity index (χ4n) is 3.37. The highest BCUT2D eigenvalue weighted by atomic mass is 35.7. The van der Waals surface area contributed by atoms with Crippen LogP contribution in [0.2, 0.25) is 0 Å². The summed E-state index contributed by atoms with van der Waals surface area (Å²) in [6.45, 7) is 8.30. The van der Waals surface area contributed by atoms with Gasteiger partial charge in [-0.2, -0.15) is 4.40 Å². The van der Waals surface area contributed by atoms with E-state index in [9.17, 15) is 0 Å². The van der Waals surface area contributed by atoms with Crippen LogP contribution in [0.4, 0.5) is 0 Å². The Labute approximate surface area is 163 Å². The van der Waals surface area contributed by atoms with E-state index in [1.807, 2.05) is 24.4 Å². The Hall–Kier alpha value is -2.62. The van der Waals surface area contributed by atoms with Gasteiger partial charge >= 0.3 is 5.78 Å². The van der Waals surface area contributed by atoms with Crippen molar-refractivity contribution < 1.29 is 33.3 Å². The van der Waals surface area contributed by atoms with Crippen LogP contribution in [-0.4, -0.2) is 14.6 Å². The lowest BCUT2D eigenvalue weighted by molar-refractivity contribution is -2.00. The van der Waals surface area contributed by atoms with Crippen molar-refractivity contribution >= 4 is 11.3 Å². The van der Waals surface area contributed by atoms with Gasteiger partial charge in [-0.3, -0.25) is 0 Å². The minimum absolute atomic E-state index is 0.864. The van der Waals surface area contributed by atoms with Gasteiger partial charge in [-0.25, -0.2) is 18.6 Å². The van der Waals surface area contributed by atoms with Crippen LogP contribution >= 0.6 is 0 Å². The molecule has 4 rings (SSSR count). The molecule has 4 aromatic rings. The average molecular weight is 403 g/mol. The van der Waals surface area contributed by atoms with Crippen molar-refractivity contribution in [3.05, 3.63) is 65.1 Å². The van der Waals surface area contributed by atoms with Gasteiger partial charge in [0.25, 0.3) is 0 Å². The second kappa shape index (κ2) is 7.42. The molecule has 0 fully saturated rings. The lowest BCUT2D eigenvalue weighted by Gasteiger charge is -2.17. The molecule has 0 unspecified atom stereocenters. The van der Waals surface area contributed by atoms with Gasteiger partial charge in [0.05, 0.1) is 11.4 Å². The van der Waals surface area contributed by atoms with E-state index >= 15 is 0 Å². The summed E-state index contributed by atoms with van der Waals surface area (Å²) in [5.41, 5.74) is 7.80. The summed E-state index contributed by atoms with van der Waals surface area (Å²) in [7, 11) is -4.94. The van der Waals surface area contributed by atoms with Crippen LogP contribution in [-0.2, 0) is 0 Å². The standard InChI is InChI=1S/C19H19N4.ClHO4/c1-12-10-14(3)21-23-17(12)18(16-8-6-5-7-9-16)22-15(4)11-13(2)20-19(22)23;2-1(3,4)5/h5-11H,1-4H3;(H,2,3,4,5)/q+1;/p-1. The zero-order valence-corrected chi connectivity index (χ0v) is 16.6. The third kappa shape index (κ3) is 4.11. The van der Waals surface area contributed by atoms with Gasteiger partial charge in [-0.15, -0.1) is 15.3 Å². The highest BCUT2D eigenvalue weighted by molar-refractivity contribution is 5.79. The number of imidazole rings is 1. The summed E-state index contributed by atoms with van der Waals surface area (Å²) in [4.78, 5) is 4.76. The van der Waals surface area contributed by atoms with Crippen molar-refractivity contribution in [2.24, 2.45) is 0 Å². The van der Waals surface area contributed by atoms with Crippen molar-refractivity contribution in [3.63, 3.8) is 0 Å². The van der Waals surface area contributed by atoms with Crippen LogP contribution in [0.15, 0.2) is 42.5 Å². The first-order valence-corrected chi connectivity index (χ1v) is 9.66. The molecule has 0 N–H and O–H groups in total. The Bertz CT molecular complexity index is 1080. The molecular formula is C19H19ClN4O4. The van der Waals surface area contributed by atoms with E-state index in [1.54, 1.807) is 0 Å². The first-order chi connectivity index (χ1) is 13.1. The Morgan fingerprint density at radius 3 is 2.11 bits per heavy atom. The van der Waals surface area contributed by atoms with Crippen molar-refractivity contribution in [3.8, 4) is 11.3 Å². The summed E-state index contributed by atoms with van der Waals surface area (Å²) < 4.78 is 38.2. The predicted molar refractivity (Wildman–Crippen MR) is 90.5 cm³/mol. The van der Waals surface area contributed by atoms with E-state index in [2.05, 4.69) is 54.6 Å². The van der Waals surface area contributed by atoms with Crippen LogP contribution in [0.3, 0.4) is 0 Å². The summed E-state index contributed by atoms with van der Waals surface area (Å²) in [6, 6.07) is 14.7. The van der Waals surface area contributed by atoms with Crippen LogP contribution in [0, 0.1) is 37.9 Å². The number of fused-ring (bicyclic) bond motifs is 3. The molecule has 0 aliphatic carbocycles. The van der Waals surface area contributed by atoms with Gasteiger partial charge in [0.2, 0.25) is 0 Å². The first-order valence-electron chi connectivity index (χ1n) is 8.42. The van der Waals surface area contributed by atoms with Crippen molar-refractivity contribution in [2.75, 3.05) is 0 Å². The number of aryl methyl sites for hydroxylation is 4. The second-order valence-corrected chi connectivity index (χ2v) is 7.25. The monoisotopic (exact) mass is 402 g/mol. The molecule has 8 nitrogen and oxygen atoms in total. The molecule has 0 amide bonds. The first kappa shape index (κ1) is 20.1. The molecule has 0 saturated heterocycles. The number of nitrogens with zero attached hydrogens (tertiary/aromatic N) is 4. The molecule has 0 bridgehead atoms. The zero-order valence-electron chi connectivity index (χ0n) is 15.8. The SMILES string of the molecule is Cc1cc(C)[n+]2c(-c3ccccc3)c3c(C)cc(C)nn3c2n1.[O-][Cl+3]([O-])([O-])[O-]. The van der Waals surface area contributed by atoms with E-state index in [0.717, 1.165) is 34.1 Å². The Morgan fingerprint density at radius 1 is 0.893 bits per heavy atom. The van der Waals surface area contributed by atoms with E-state index in [1.165, 1.54) is 11.1 Å². The molecule has 0 saturated carbocycles. The maximum absolute atomic E-state index is 8.49. The van der Waals surface area contributed by atoms with Gasteiger partial charge < -0.3 is 0 Å². The number of benzene rings is 1. The average Bonchev–Trinajstić information content (AvgIpc) is 2.89. The van der Waals surface area contributed by atoms with Gasteiger partial charge in [0.1, 0.15) is 5.69 Å². The number of rotatable bonds is 1. The van der Waals surface area contributed by atoms with Gasteiger partial charge in [0.15, 0.2) is 11.2 Å². The molecule has 28 heavy (non-hydrogen) atoms. The Kier molecular flexibility index (Phi) is 5.33. The normalized spacial score (nSPS) is 11.6. The van der Waals surface area contributed by atoms with Crippen LogP contribution < -0.4 is 23.0 Å². The van der Waals surface area contributed by atoms with Gasteiger partial charge in [-0.05, 0) is 39.3 Å². The van der Waals surface area contributed by atoms with E-state index in [-0.39, 0.29) is 0 Å². The summed E-state index contributed by atoms with van der Waals surface area (Å²) in [5, 5.41) is 4.73. The number of halogens is 1. The number of aromatic nitrogens is 4. The van der Waals surface area contributed by atoms with E-state index in [4.69, 9.17) is 28.7 Å². The molecule has 146 valence electrons. The van der Waals surface area contributed by atoms with Crippen molar-refractivity contribution in [1.82, 2.24) is 14.6 Å². The van der Waals surface area contributed by atoms with Crippen molar-refractivity contribution in [1.29, 1.82) is 0 Å². The van der Waals surface area contributed by atoms with Crippen LogP contribution in [0.5, 0.6) is 0 Å². The van der Waals surface area contributed by atoms with Crippen LogP contribution in [0.25, 0.3) is 22.6 Å². The third-order valence-electron chi connectivity index (χ3n) is 4.20. The number of hydrogen-bond acceptors (Lipinski definition) is 6. The second-order valence-electron chi connectivity index (χ2n) is 6.50. The smallest absolute Gasteiger partial charge is 0.222 e. The molecule has 0 aliphatic rings. The predicted octanol–water partition coefficient (Wildman–Crippen LogP) is -1.39. The maximum Gasteiger partial charge on any atom is 0.428 e. The molecule has 0 aliphatic heterocycles. The molecule has 9 heteroatoms. The fourth-order valence-corrected chi connectivity index (χ4v) is 3.37. The van der Waals surface area contributed by atoms with Crippen molar-refractivity contribution in [2.45, 2.75) is 27.7 Å². The fraction of sp³-hybridized carbons (Fsp3) is 0.211. The highest BCUT2D eigenvalue weighted by Crippen LogP contribution is 2.26. The van der Waals surface area contributed by atoms with E-state index < -0.39 is 10.2 Å². The molecule has 0 spiro atoms. The molecule has 0 atom stereocenters. The van der Waals surface area contributed by atoms with Gasteiger partial charge in [-0.1, -0.05) is 39.8 Å². The Morgan fingerprint density at radius 2 is 1.50 bits per heavy atom. The molecule has 3 heterocycles. The highest BCUT2D eigenvalue weighted by Gasteiger charge is 2.26. The molecular weight excluding hydrogens is 384 g/mol. The zero-order chi connectivity index (χ0) is 20.6. The largest absolute Gasteiger partial charge is 0.428 e. The maximum atomic E-state index is 8.49.